The predicted octanol–water partition coefficient (Wildman–Crippen LogP) is 1.11. The molecule has 1 aromatic carbocycles. The van der Waals surface area contributed by atoms with Crippen molar-refractivity contribution in [2.75, 3.05) is 33.7 Å². The second-order valence-electron chi connectivity index (χ2n) is 3.71. The molecule has 0 aliphatic rings. The number of amides is 1. The molecular formula is C13H19NO4. The number of ether oxygens (including phenoxy) is 3. The minimum Gasteiger partial charge on any atom is -0.468 e. The van der Waals surface area contributed by atoms with Crippen LogP contribution in [0, 0.1) is 6.92 Å². The van der Waals surface area contributed by atoms with Crippen LogP contribution < -0.4 is 10.1 Å². The van der Waals surface area contributed by atoms with Gasteiger partial charge in [-0.05, 0) is 19.1 Å². The lowest BCUT2D eigenvalue weighted by atomic mass is 10.2. The Hall–Kier alpha value is -1.59. The average Bonchev–Trinajstić information content (AvgIpc) is 2.39. The van der Waals surface area contributed by atoms with Crippen molar-refractivity contribution in [3.63, 3.8) is 0 Å². The minimum atomic E-state index is -0.147. The first-order valence-corrected chi connectivity index (χ1v) is 5.78. The molecule has 1 N–H and O–H groups in total. The lowest BCUT2D eigenvalue weighted by Crippen LogP contribution is -2.24. The molecule has 0 unspecified atom stereocenters. The molecule has 5 nitrogen and oxygen atoms in total. The summed E-state index contributed by atoms with van der Waals surface area (Å²) in [6.45, 7) is 3.00. The van der Waals surface area contributed by atoms with Gasteiger partial charge in [-0.25, -0.2) is 0 Å². The summed E-state index contributed by atoms with van der Waals surface area (Å²) in [6.07, 6.45) is 0. The fourth-order valence-corrected chi connectivity index (χ4v) is 1.16. The molecule has 0 saturated heterocycles. The summed E-state index contributed by atoms with van der Waals surface area (Å²) >= 11 is 0. The zero-order valence-corrected chi connectivity index (χ0v) is 10.8. The second-order valence-corrected chi connectivity index (χ2v) is 3.71. The van der Waals surface area contributed by atoms with Crippen LogP contribution in [0.3, 0.4) is 0 Å². The first-order chi connectivity index (χ1) is 8.72. The van der Waals surface area contributed by atoms with Crippen molar-refractivity contribution < 1.29 is 19.0 Å². The predicted molar refractivity (Wildman–Crippen MR) is 67.5 cm³/mol. The number of benzene rings is 1. The van der Waals surface area contributed by atoms with Crippen molar-refractivity contribution in [3.8, 4) is 5.75 Å². The van der Waals surface area contributed by atoms with Gasteiger partial charge >= 0.3 is 0 Å². The van der Waals surface area contributed by atoms with Gasteiger partial charge in [0, 0.05) is 7.05 Å². The molecule has 1 aromatic rings. The van der Waals surface area contributed by atoms with Crippen LogP contribution in [0.5, 0.6) is 5.75 Å². The summed E-state index contributed by atoms with van der Waals surface area (Å²) < 4.78 is 15.6. The molecule has 1 amide bonds. The molecule has 0 fully saturated rings. The van der Waals surface area contributed by atoms with Gasteiger partial charge in [0.2, 0.25) is 5.91 Å². The number of hydrogen-bond acceptors (Lipinski definition) is 4. The summed E-state index contributed by atoms with van der Waals surface area (Å²) in [6, 6.07) is 7.73. The van der Waals surface area contributed by atoms with E-state index in [1.165, 1.54) is 5.56 Å². The Bertz CT molecular complexity index is 351. The molecule has 0 aromatic heterocycles. The molecular weight excluding hydrogens is 234 g/mol. The van der Waals surface area contributed by atoms with Gasteiger partial charge in [0.25, 0.3) is 0 Å². The number of nitrogens with one attached hydrogen (secondary N) is 1. The van der Waals surface area contributed by atoms with Crippen LogP contribution in [-0.2, 0) is 14.3 Å². The van der Waals surface area contributed by atoms with Gasteiger partial charge in [-0.1, -0.05) is 17.7 Å². The molecule has 1 rings (SSSR count). The van der Waals surface area contributed by atoms with E-state index in [1.54, 1.807) is 7.05 Å². The normalized spacial score (nSPS) is 10.1. The monoisotopic (exact) mass is 253 g/mol. The van der Waals surface area contributed by atoms with Gasteiger partial charge in [-0.3, -0.25) is 4.79 Å². The van der Waals surface area contributed by atoms with Crippen molar-refractivity contribution >= 4 is 5.91 Å². The van der Waals surface area contributed by atoms with Gasteiger partial charge < -0.3 is 19.5 Å². The molecule has 0 bridgehead atoms. The Labute approximate surface area is 107 Å². The van der Waals surface area contributed by atoms with E-state index in [2.05, 4.69) is 5.32 Å². The molecule has 0 aliphatic heterocycles. The number of carbonyl (C=O) groups excluding carboxylic acids is 1. The SMILES string of the molecule is CNC(=O)COCCOCOc1ccc(C)cc1. The third kappa shape index (κ3) is 6.22. The lowest BCUT2D eigenvalue weighted by Gasteiger charge is -2.07. The van der Waals surface area contributed by atoms with E-state index in [1.807, 2.05) is 31.2 Å². The third-order valence-corrected chi connectivity index (χ3v) is 2.21. The van der Waals surface area contributed by atoms with Crippen molar-refractivity contribution in [1.29, 1.82) is 0 Å². The Morgan fingerprint density at radius 3 is 2.50 bits per heavy atom. The maximum Gasteiger partial charge on any atom is 0.245 e. The van der Waals surface area contributed by atoms with Gasteiger partial charge in [0.1, 0.15) is 12.4 Å². The highest BCUT2D eigenvalue weighted by molar-refractivity contribution is 5.76. The van der Waals surface area contributed by atoms with Crippen molar-refractivity contribution in [3.05, 3.63) is 29.8 Å². The zero-order chi connectivity index (χ0) is 13.2. The fraction of sp³-hybridized carbons (Fsp3) is 0.462. The first kappa shape index (κ1) is 14.5. The molecule has 5 heteroatoms. The largest absolute Gasteiger partial charge is 0.468 e. The molecule has 0 saturated carbocycles. The van der Waals surface area contributed by atoms with Crippen LogP contribution in [0.2, 0.25) is 0 Å². The average molecular weight is 253 g/mol. The fourth-order valence-electron chi connectivity index (χ4n) is 1.16. The van der Waals surface area contributed by atoms with E-state index in [9.17, 15) is 4.79 Å². The topological polar surface area (TPSA) is 56.8 Å². The highest BCUT2D eigenvalue weighted by Crippen LogP contribution is 2.10. The summed E-state index contributed by atoms with van der Waals surface area (Å²) in [4.78, 5) is 10.8. The van der Waals surface area contributed by atoms with E-state index < -0.39 is 0 Å². The van der Waals surface area contributed by atoms with E-state index in [4.69, 9.17) is 14.2 Å². The summed E-state index contributed by atoms with van der Waals surface area (Å²) in [5, 5.41) is 2.46. The zero-order valence-electron chi connectivity index (χ0n) is 10.8. The number of hydrogen-bond donors (Lipinski definition) is 1. The smallest absolute Gasteiger partial charge is 0.245 e. The standard InChI is InChI=1S/C13H19NO4/c1-11-3-5-12(6-4-11)18-10-17-8-7-16-9-13(15)14-2/h3-6H,7-10H2,1-2H3,(H,14,15). The molecule has 100 valence electrons. The lowest BCUT2D eigenvalue weighted by molar-refractivity contribution is -0.126. The van der Waals surface area contributed by atoms with Gasteiger partial charge in [0.15, 0.2) is 6.79 Å². The van der Waals surface area contributed by atoms with Crippen molar-refractivity contribution in [1.82, 2.24) is 5.32 Å². The molecule has 0 heterocycles. The number of likely N-dealkylation sites (N-methyl/N-ethyl adjacent to an activating group) is 1. The summed E-state index contributed by atoms with van der Waals surface area (Å²) in [5.74, 6) is 0.623. The Morgan fingerprint density at radius 2 is 1.83 bits per heavy atom. The van der Waals surface area contributed by atoms with Gasteiger partial charge in [0.05, 0.1) is 13.2 Å². The summed E-state index contributed by atoms with van der Waals surface area (Å²) in [5.41, 5.74) is 1.19. The number of carbonyl (C=O) groups is 1. The first-order valence-electron chi connectivity index (χ1n) is 5.78. The third-order valence-electron chi connectivity index (χ3n) is 2.21. The number of aryl methyl sites for hydroxylation is 1. The minimum absolute atomic E-state index is 0.0542. The highest BCUT2D eigenvalue weighted by Gasteiger charge is 1.97. The van der Waals surface area contributed by atoms with Crippen molar-refractivity contribution in [2.24, 2.45) is 0 Å². The van der Waals surface area contributed by atoms with Crippen LogP contribution in [0.4, 0.5) is 0 Å². The Balaban J connectivity index is 1.99. The quantitative estimate of drug-likeness (QED) is 0.557. The maximum absolute atomic E-state index is 10.8. The van der Waals surface area contributed by atoms with Crippen LogP contribution in [0.15, 0.2) is 24.3 Å². The molecule has 0 spiro atoms. The molecule has 0 atom stereocenters. The number of rotatable bonds is 8. The molecule has 0 radical (unpaired) electrons. The van der Waals surface area contributed by atoms with Crippen LogP contribution in [0.1, 0.15) is 5.56 Å². The summed E-state index contributed by atoms with van der Waals surface area (Å²) in [7, 11) is 1.57. The van der Waals surface area contributed by atoms with E-state index in [-0.39, 0.29) is 19.3 Å². The van der Waals surface area contributed by atoms with Crippen molar-refractivity contribution in [2.45, 2.75) is 6.92 Å². The van der Waals surface area contributed by atoms with Crippen LogP contribution >= 0.6 is 0 Å². The maximum atomic E-state index is 10.8. The Kier molecular flexibility index (Phi) is 6.83. The van der Waals surface area contributed by atoms with Gasteiger partial charge in [-0.15, -0.1) is 0 Å². The second kappa shape index (κ2) is 8.49. The van der Waals surface area contributed by atoms with Crippen LogP contribution in [-0.4, -0.2) is 39.6 Å². The van der Waals surface area contributed by atoms with E-state index >= 15 is 0 Å². The molecule has 18 heavy (non-hydrogen) atoms. The van der Waals surface area contributed by atoms with E-state index in [0.717, 1.165) is 5.75 Å². The Morgan fingerprint density at radius 1 is 1.17 bits per heavy atom. The molecule has 0 aliphatic carbocycles. The highest BCUT2D eigenvalue weighted by atomic mass is 16.7. The van der Waals surface area contributed by atoms with Crippen LogP contribution in [0.25, 0.3) is 0 Å². The van der Waals surface area contributed by atoms with E-state index in [0.29, 0.717) is 13.2 Å². The van der Waals surface area contributed by atoms with Gasteiger partial charge in [-0.2, -0.15) is 0 Å².